The molecule has 7 heteroatoms. The molecule has 0 saturated carbocycles. The molecule has 0 aliphatic carbocycles. The third-order valence-electron chi connectivity index (χ3n) is 2.17. The predicted molar refractivity (Wildman–Crippen MR) is 61.8 cm³/mol. The predicted octanol–water partition coefficient (Wildman–Crippen LogP) is -0.454. The van der Waals surface area contributed by atoms with Crippen molar-refractivity contribution in [1.29, 1.82) is 0 Å². The zero-order chi connectivity index (χ0) is 10.8. The molecular weight excluding hydrogens is 313 g/mol. The van der Waals surface area contributed by atoms with Gasteiger partial charge in [0.25, 0.3) is 5.56 Å². The second kappa shape index (κ2) is 4.45. The molecule has 0 spiro atoms. The van der Waals surface area contributed by atoms with Gasteiger partial charge in [-0.05, 0) is 22.6 Å². The van der Waals surface area contributed by atoms with Gasteiger partial charge in [-0.25, -0.2) is 4.98 Å². The van der Waals surface area contributed by atoms with E-state index in [0.29, 0.717) is 22.6 Å². The standard InChI is InChI=1S/C8H10IN3O3/c9-6-7(10-3-11-8(6)14)12-4-1-15-2-5(4)13/h3-5,13H,1-2H2,(H2,10,11,12,14)/t4-,5-/m1/s1. The van der Waals surface area contributed by atoms with Crippen LogP contribution in [0.5, 0.6) is 0 Å². The number of anilines is 1. The first-order valence-corrected chi connectivity index (χ1v) is 5.52. The van der Waals surface area contributed by atoms with E-state index in [-0.39, 0.29) is 11.6 Å². The Kier molecular flexibility index (Phi) is 3.22. The van der Waals surface area contributed by atoms with E-state index in [2.05, 4.69) is 15.3 Å². The van der Waals surface area contributed by atoms with E-state index in [0.717, 1.165) is 0 Å². The summed E-state index contributed by atoms with van der Waals surface area (Å²) in [5, 5.41) is 12.5. The average Bonchev–Trinajstić information content (AvgIpc) is 2.60. The summed E-state index contributed by atoms with van der Waals surface area (Å²) in [5.74, 6) is 0.480. The molecule has 2 heterocycles. The van der Waals surface area contributed by atoms with Crippen LogP contribution in [0.25, 0.3) is 0 Å². The lowest BCUT2D eigenvalue weighted by Crippen LogP contribution is -2.33. The number of nitrogens with one attached hydrogen (secondary N) is 2. The Balaban J connectivity index is 2.17. The van der Waals surface area contributed by atoms with Crippen LogP contribution in [0.15, 0.2) is 11.1 Å². The minimum atomic E-state index is -0.554. The van der Waals surface area contributed by atoms with Crippen LogP contribution in [0.4, 0.5) is 5.82 Å². The quantitative estimate of drug-likeness (QED) is 0.642. The Bertz CT molecular complexity index is 408. The number of hydrogen-bond acceptors (Lipinski definition) is 5. The van der Waals surface area contributed by atoms with Gasteiger partial charge in [0.15, 0.2) is 0 Å². The molecule has 1 saturated heterocycles. The van der Waals surface area contributed by atoms with Crippen LogP contribution in [-0.4, -0.2) is 40.4 Å². The lowest BCUT2D eigenvalue weighted by molar-refractivity contribution is 0.125. The second-order valence-corrected chi connectivity index (χ2v) is 4.33. The smallest absolute Gasteiger partial charge is 0.266 e. The maximum absolute atomic E-state index is 11.3. The first kappa shape index (κ1) is 10.8. The van der Waals surface area contributed by atoms with Gasteiger partial charge >= 0.3 is 0 Å². The fraction of sp³-hybridized carbons (Fsp3) is 0.500. The number of aromatic amines is 1. The number of rotatable bonds is 2. The number of halogens is 1. The SMILES string of the molecule is O=c1[nH]cnc(N[C@@H]2COC[C@H]2O)c1I. The van der Waals surface area contributed by atoms with Crippen molar-refractivity contribution in [2.75, 3.05) is 18.5 Å². The summed E-state index contributed by atoms with van der Waals surface area (Å²) in [4.78, 5) is 17.7. The molecule has 0 aromatic carbocycles. The third kappa shape index (κ3) is 2.29. The van der Waals surface area contributed by atoms with Crippen LogP contribution in [0, 0.1) is 3.57 Å². The second-order valence-electron chi connectivity index (χ2n) is 3.25. The van der Waals surface area contributed by atoms with Crippen molar-refractivity contribution in [3.8, 4) is 0 Å². The number of aromatic nitrogens is 2. The fourth-order valence-electron chi connectivity index (χ4n) is 1.34. The molecule has 82 valence electrons. The highest BCUT2D eigenvalue weighted by Gasteiger charge is 2.26. The number of aliphatic hydroxyl groups excluding tert-OH is 1. The highest BCUT2D eigenvalue weighted by molar-refractivity contribution is 14.1. The zero-order valence-electron chi connectivity index (χ0n) is 7.74. The summed E-state index contributed by atoms with van der Waals surface area (Å²) in [5.41, 5.74) is -0.193. The lowest BCUT2D eigenvalue weighted by Gasteiger charge is -2.15. The third-order valence-corrected chi connectivity index (χ3v) is 3.17. The van der Waals surface area contributed by atoms with E-state index >= 15 is 0 Å². The van der Waals surface area contributed by atoms with Gasteiger partial charge in [0.1, 0.15) is 9.39 Å². The molecule has 3 N–H and O–H groups in total. The van der Waals surface area contributed by atoms with Gasteiger partial charge in [0.2, 0.25) is 0 Å². The summed E-state index contributed by atoms with van der Waals surface area (Å²) >= 11 is 1.91. The Morgan fingerprint density at radius 2 is 2.47 bits per heavy atom. The summed E-state index contributed by atoms with van der Waals surface area (Å²) < 4.78 is 5.56. The summed E-state index contributed by atoms with van der Waals surface area (Å²) in [7, 11) is 0. The molecule has 0 bridgehead atoms. The fourth-order valence-corrected chi connectivity index (χ4v) is 1.79. The lowest BCUT2D eigenvalue weighted by atomic mass is 10.2. The van der Waals surface area contributed by atoms with Crippen LogP contribution >= 0.6 is 22.6 Å². The molecule has 2 rings (SSSR count). The van der Waals surface area contributed by atoms with E-state index in [1.165, 1.54) is 6.33 Å². The number of nitrogens with zero attached hydrogens (tertiary/aromatic N) is 1. The van der Waals surface area contributed by atoms with Gasteiger partial charge in [-0.2, -0.15) is 0 Å². The highest BCUT2D eigenvalue weighted by atomic mass is 127. The molecular formula is C8H10IN3O3. The normalized spacial score (nSPS) is 25.5. The molecule has 2 atom stereocenters. The number of aliphatic hydroxyl groups is 1. The van der Waals surface area contributed by atoms with Crippen molar-refractivity contribution in [1.82, 2.24) is 9.97 Å². The first-order chi connectivity index (χ1) is 7.18. The van der Waals surface area contributed by atoms with Crippen LogP contribution in [0.2, 0.25) is 0 Å². The first-order valence-electron chi connectivity index (χ1n) is 4.44. The van der Waals surface area contributed by atoms with Crippen molar-refractivity contribution < 1.29 is 9.84 Å². The molecule has 0 unspecified atom stereocenters. The Morgan fingerprint density at radius 1 is 1.67 bits per heavy atom. The van der Waals surface area contributed by atoms with Gasteiger partial charge in [-0.1, -0.05) is 0 Å². The Hall–Kier alpha value is -0.670. The van der Waals surface area contributed by atoms with E-state index < -0.39 is 6.10 Å². The van der Waals surface area contributed by atoms with Crippen molar-refractivity contribution in [2.45, 2.75) is 12.1 Å². The number of ether oxygens (including phenoxy) is 1. The van der Waals surface area contributed by atoms with Crippen molar-refractivity contribution in [2.24, 2.45) is 0 Å². The topological polar surface area (TPSA) is 87.2 Å². The molecule has 1 aliphatic heterocycles. The maximum atomic E-state index is 11.3. The van der Waals surface area contributed by atoms with E-state index in [4.69, 9.17) is 4.74 Å². The minimum absolute atomic E-state index is 0.193. The molecule has 15 heavy (non-hydrogen) atoms. The maximum Gasteiger partial charge on any atom is 0.266 e. The van der Waals surface area contributed by atoms with E-state index in [1.807, 2.05) is 22.6 Å². The molecule has 0 amide bonds. The van der Waals surface area contributed by atoms with Gasteiger partial charge in [0.05, 0.1) is 31.7 Å². The van der Waals surface area contributed by atoms with Crippen molar-refractivity contribution in [3.05, 3.63) is 20.3 Å². The van der Waals surface area contributed by atoms with Crippen LogP contribution in [0.3, 0.4) is 0 Å². The molecule has 1 aliphatic rings. The number of H-pyrrole nitrogens is 1. The van der Waals surface area contributed by atoms with E-state index in [1.54, 1.807) is 0 Å². The summed E-state index contributed by atoms with van der Waals surface area (Å²) in [6.07, 6.45) is 0.775. The Labute approximate surface area is 99.2 Å². The van der Waals surface area contributed by atoms with Gasteiger partial charge in [-0.15, -0.1) is 0 Å². The molecule has 1 fully saturated rings. The highest BCUT2D eigenvalue weighted by Crippen LogP contribution is 2.14. The molecule has 1 aromatic rings. The van der Waals surface area contributed by atoms with E-state index in [9.17, 15) is 9.90 Å². The van der Waals surface area contributed by atoms with Gasteiger partial charge < -0.3 is 20.1 Å². The average molecular weight is 323 g/mol. The summed E-state index contributed by atoms with van der Waals surface area (Å²) in [6, 6.07) is -0.201. The minimum Gasteiger partial charge on any atom is -0.388 e. The Morgan fingerprint density at radius 3 is 3.13 bits per heavy atom. The summed E-state index contributed by atoms with van der Waals surface area (Å²) in [6.45, 7) is 0.739. The van der Waals surface area contributed by atoms with Crippen molar-refractivity contribution in [3.63, 3.8) is 0 Å². The largest absolute Gasteiger partial charge is 0.388 e. The zero-order valence-corrected chi connectivity index (χ0v) is 9.89. The number of hydrogen-bond donors (Lipinski definition) is 3. The molecule has 0 radical (unpaired) electrons. The van der Waals surface area contributed by atoms with Gasteiger partial charge in [-0.3, -0.25) is 4.79 Å². The monoisotopic (exact) mass is 323 g/mol. The van der Waals surface area contributed by atoms with Crippen LogP contribution < -0.4 is 10.9 Å². The molecule has 6 nitrogen and oxygen atoms in total. The van der Waals surface area contributed by atoms with Crippen LogP contribution in [-0.2, 0) is 4.74 Å². The van der Waals surface area contributed by atoms with Gasteiger partial charge in [0, 0.05) is 0 Å². The van der Waals surface area contributed by atoms with Crippen LogP contribution in [0.1, 0.15) is 0 Å². The van der Waals surface area contributed by atoms with Crippen molar-refractivity contribution >= 4 is 28.4 Å². The molecule has 1 aromatic heterocycles.